The van der Waals surface area contributed by atoms with Crippen molar-refractivity contribution in [1.29, 1.82) is 0 Å². The lowest BCUT2D eigenvalue weighted by molar-refractivity contribution is 0.102. The Morgan fingerprint density at radius 2 is 2.04 bits per heavy atom. The van der Waals surface area contributed by atoms with Gasteiger partial charge in [0.1, 0.15) is 17.3 Å². The highest BCUT2D eigenvalue weighted by atomic mass is 16.5. The van der Waals surface area contributed by atoms with Crippen LogP contribution in [0.4, 0.5) is 11.6 Å². The maximum absolute atomic E-state index is 12.1. The first-order valence-corrected chi connectivity index (χ1v) is 7.78. The zero-order valence-electron chi connectivity index (χ0n) is 14.0. The average Bonchev–Trinajstić information content (AvgIpc) is 3.05. The molecule has 8 heteroatoms. The smallest absolute Gasteiger partial charge is 0.277 e. The van der Waals surface area contributed by atoms with Crippen molar-refractivity contribution >= 4 is 17.5 Å². The monoisotopic (exact) mass is 338 g/mol. The van der Waals surface area contributed by atoms with E-state index in [9.17, 15) is 4.79 Å². The van der Waals surface area contributed by atoms with Crippen LogP contribution in [-0.4, -0.2) is 39.6 Å². The Balaban J connectivity index is 1.58. The summed E-state index contributed by atoms with van der Waals surface area (Å²) in [6.07, 6.45) is 7.45. The molecule has 128 valence electrons. The number of amides is 1. The normalized spacial score (nSPS) is 10.5. The lowest BCUT2D eigenvalue weighted by Crippen LogP contribution is -2.22. The molecule has 0 radical (unpaired) electrons. The molecule has 0 spiro atoms. The van der Waals surface area contributed by atoms with Crippen LogP contribution < -0.4 is 10.2 Å². The lowest BCUT2D eigenvalue weighted by Gasteiger charge is -2.17. The van der Waals surface area contributed by atoms with Crippen molar-refractivity contribution in [2.45, 2.75) is 13.3 Å². The first-order chi connectivity index (χ1) is 12.1. The molecule has 0 aromatic carbocycles. The van der Waals surface area contributed by atoms with E-state index in [4.69, 9.17) is 4.52 Å². The minimum Gasteiger partial charge on any atom is -0.360 e. The molecule has 3 heterocycles. The summed E-state index contributed by atoms with van der Waals surface area (Å²) in [7, 11) is 1.93. The molecule has 0 bridgehead atoms. The number of nitrogens with one attached hydrogen (secondary N) is 1. The van der Waals surface area contributed by atoms with Gasteiger partial charge in [-0.2, -0.15) is 0 Å². The van der Waals surface area contributed by atoms with E-state index in [0.29, 0.717) is 17.4 Å². The van der Waals surface area contributed by atoms with Crippen molar-refractivity contribution < 1.29 is 9.32 Å². The number of carbonyl (C=O) groups excluding carboxylic acids is 1. The van der Waals surface area contributed by atoms with Crippen LogP contribution in [0.1, 0.15) is 21.8 Å². The zero-order valence-corrected chi connectivity index (χ0v) is 14.0. The van der Waals surface area contributed by atoms with Gasteiger partial charge in [-0.15, -0.1) is 0 Å². The van der Waals surface area contributed by atoms with E-state index in [-0.39, 0.29) is 11.6 Å². The molecule has 0 aliphatic rings. The summed E-state index contributed by atoms with van der Waals surface area (Å²) >= 11 is 0. The molecule has 0 aliphatic heterocycles. The fourth-order valence-electron chi connectivity index (χ4n) is 2.20. The standard InChI is InChI=1S/C17H18N6O2/c1-12-9-15(22-25-12)21-17(24)14-10-20-16(11-19-14)23(2)8-5-13-3-6-18-7-4-13/h3-4,6-7,9-11H,5,8H2,1-2H3,(H,21,22,24). The van der Waals surface area contributed by atoms with Gasteiger partial charge in [-0.25, -0.2) is 9.97 Å². The fraction of sp³-hybridized carbons (Fsp3) is 0.235. The third kappa shape index (κ3) is 4.37. The van der Waals surface area contributed by atoms with Crippen LogP contribution >= 0.6 is 0 Å². The van der Waals surface area contributed by atoms with Gasteiger partial charge < -0.3 is 14.7 Å². The molecular weight excluding hydrogens is 320 g/mol. The number of hydrogen-bond acceptors (Lipinski definition) is 7. The molecule has 25 heavy (non-hydrogen) atoms. The first kappa shape index (κ1) is 16.6. The second kappa shape index (κ2) is 7.52. The van der Waals surface area contributed by atoms with Gasteiger partial charge in [0, 0.05) is 32.1 Å². The quantitative estimate of drug-likeness (QED) is 0.735. The predicted molar refractivity (Wildman–Crippen MR) is 92.4 cm³/mol. The molecule has 3 aromatic heterocycles. The molecule has 3 aromatic rings. The Hall–Kier alpha value is -3.29. The van der Waals surface area contributed by atoms with Crippen molar-refractivity contribution in [3.63, 3.8) is 0 Å². The molecule has 0 saturated carbocycles. The first-order valence-electron chi connectivity index (χ1n) is 7.78. The summed E-state index contributed by atoms with van der Waals surface area (Å²) in [6, 6.07) is 5.60. The largest absolute Gasteiger partial charge is 0.360 e. The number of rotatable bonds is 6. The summed E-state index contributed by atoms with van der Waals surface area (Å²) in [5.74, 6) is 1.28. The van der Waals surface area contributed by atoms with Crippen molar-refractivity contribution in [1.82, 2.24) is 20.1 Å². The van der Waals surface area contributed by atoms with Gasteiger partial charge in [0.2, 0.25) is 0 Å². The van der Waals surface area contributed by atoms with Crippen LogP contribution in [0.3, 0.4) is 0 Å². The SMILES string of the molecule is Cc1cc(NC(=O)c2cnc(N(C)CCc3ccncc3)cn2)no1. The summed E-state index contributed by atoms with van der Waals surface area (Å²) in [5, 5.41) is 6.32. The number of pyridine rings is 1. The van der Waals surface area contributed by atoms with Crippen LogP contribution in [0.2, 0.25) is 0 Å². The fourth-order valence-corrected chi connectivity index (χ4v) is 2.20. The van der Waals surface area contributed by atoms with Gasteiger partial charge in [-0.05, 0) is 31.0 Å². The van der Waals surface area contributed by atoms with Crippen LogP contribution in [-0.2, 0) is 6.42 Å². The molecule has 0 saturated heterocycles. The molecule has 0 unspecified atom stereocenters. The number of aryl methyl sites for hydroxylation is 1. The van der Waals surface area contributed by atoms with E-state index >= 15 is 0 Å². The van der Waals surface area contributed by atoms with Crippen molar-refractivity contribution in [3.05, 3.63) is 60.0 Å². The molecule has 3 rings (SSSR count). The maximum atomic E-state index is 12.1. The Labute approximate surface area is 144 Å². The van der Waals surface area contributed by atoms with Crippen molar-refractivity contribution in [3.8, 4) is 0 Å². The van der Waals surface area contributed by atoms with Crippen LogP contribution in [0.25, 0.3) is 0 Å². The van der Waals surface area contributed by atoms with Gasteiger partial charge in [0.25, 0.3) is 5.91 Å². The van der Waals surface area contributed by atoms with E-state index in [1.54, 1.807) is 31.6 Å². The van der Waals surface area contributed by atoms with Gasteiger partial charge in [-0.1, -0.05) is 5.16 Å². The Morgan fingerprint density at radius 1 is 1.24 bits per heavy atom. The van der Waals surface area contributed by atoms with Crippen molar-refractivity contribution in [2.75, 3.05) is 23.8 Å². The minimum atomic E-state index is -0.383. The van der Waals surface area contributed by atoms with Crippen LogP contribution in [0.15, 0.2) is 47.5 Å². The van der Waals surface area contributed by atoms with E-state index in [2.05, 4.69) is 25.4 Å². The van der Waals surface area contributed by atoms with Crippen molar-refractivity contribution in [2.24, 2.45) is 0 Å². The highest BCUT2D eigenvalue weighted by Crippen LogP contribution is 2.11. The number of carbonyl (C=O) groups is 1. The predicted octanol–water partition coefficient (Wildman–Crippen LogP) is 2.10. The molecular formula is C17H18N6O2. The Bertz CT molecular complexity index is 832. The second-order valence-corrected chi connectivity index (χ2v) is 5.56. The zero-order chi connectivity index (χ0) is 17.6. The Kier molecular flexibility index (Phi) is 4.98. The highest BCUT2D eigenvalue weighted by Gasteiger charge is 2.12. The van der Waals surface area contributed by atoms with Gasteiger partial charge in [0.15, 0.2) is 5.82 Å². The van der Waals surface area contributed by atoms with Gasteiger partial charge in [0.05, 0.1) is 12.4 Å². The summed E-state index contributed by atoms with van der Waals surface area (Å²) < 4.78 is 4.90. The Morgan fingerprint density at radius 3 is 2.68 bits per heavy atom. The number of anilines is 2. The summed E-state index contributed by atoms with van der Waals surface area (Å²) in [4.78, 5) is 26.6. The molecule has 0 atom stereocenters. The molecule has 1 N–H and O–H groups in total. The highest BCUT2D eigenvalue weighted by molar-refractivity contribution is 6.02. The lowest BCUT2D eigenvalue weighted by atomic mass is 10.2. The van der Waals surface area contributed by atoms with E-state index in [1.165, 1.54) is 11.8 Å². The number of likely N-dealkylation sites (N-methyl/N-ethyl adjacent to an activating group) is 1. The third-order valence-electron chi connectivity index (χ3n) is 3.62. The topological polar surface area (TPSA) is 97.0 Å². The van der Waals surface area contributed by atoms with E-state index in [0.717, 1.165) is 13.0 Å². The van der Waals surface area contributed by atoms with E-state index in [1.807, 2.05) is 24.1 Å². The summed E-state index contributed by atoms with van der Waals surface area (Å²) in [5.41, 5.74) is 1.42. The molecule has 1 amide bonds. The number of aromatic nitrogens is 4. The van der Waals surface area contributed by atoms with Crippen LogP contribution in [0.5, 0.6) is 0 Å². The summed E-state index contributed by atoms with van der Waals surface area (Å²) in [6.45, 7) is 2.53. The van der Waals surface area contributed by atoms with E-state index < -0.39 is 0 Å². The van der Waals surface area contributed by atoms with Gasteiger partial charge >= 0.3 is 0 Å². The minimum absolute atomic E-state index is 0.215. The third-order valence-corrected chi connectivity index (χ3v) is 3.62. The average molecular weight is 338 g/mol. The van der Waals surface area contributed by atoms with Gasteiger partial charge in [-0.3, -0.25) is 9.78 Å². The van der Waals surface area contributed by atoms with Crippen LogP contribution in [0, 0.1) is 6.92 Å². The molecule has 0 fully saturated rings. The maximum Gasteiger partial charge on any atom is 0.277 e. The number of hydrogen-bond donors (Lipinski definition) is 1. The molecule has 8 nitrogen and oxygen atoms in total. The molecule has 0 aliphatic carbocycles. The number of nitrogens with zero attached hydrogens (tertiary/aromatic N) is 5. The second-order valence-electron chi connectivity index (χ2n) is 5.56.